The monoisotopic (exact) mass is 293 g/mol. The number of likely N-dealkylation sites (tertiary alicyclic amines) is 1. The average molecular weight is 293 g/mol. The third-order valence-electron chi connectivity index (χ3n) is 3.82. The predicted molar refractivity (Wildman–Crippen MR) is 78.1 cm³/mol. The molecule has 0 spiro atoms. The van der Waals surface area contributed by atoms with Crippen LogP contribution < -0.4 is 5.73 Å². The number of anilines is 1. The Hall–Kier alpha value is -2.11. The van der Waals surface area contributed by atoms with Gasteiger partial charge in [0.05, 0.1) is 5.69 Å². The van der Waals surface area contributed by atoms with Gasteiger partial charge in [-0.25, -0.2) is 4.39 Å². The summed E-state index contributed by atoms with van der Waals surface area (Å²) in [6.07, 6.45) is 1.28. The number of carbonyl (C=O) groups is 2. The number of nitrogens with zero attached hydrogens (tertiary/aromatic N) is 2. The molecule has 1 aliphatic heterocycles. The van der Waals surface area contributed by atoms with Gasteiger partial charge < -0.3 is 15.5 Å². The van der Waals surface area contributed by atoms with Crippen LogP contribution in [0.3, 0.4) is 0 Å². The van der Waals surface area contributed by atoms with E-state index in [1.165, 1.54) is 12.1 Å². The Morgan fingerprint density at radius 3 is 2.43 bits per heavy atom. The minimum absolute atomic E-state index is 0.0295. The summed E-state index contributed by atoms with van der Waals surface area (Å²) in [6.45, 7) is 1.02. The van der Waals surface area contributed by atoms with E-state index < -0.39 is 5.82 Å². The van der Waals surface area contributed by atoms with Crippen molar-refractivity contribution in [2.24, 2.45) is 5.92 Å². The van der Waals surface area contributed by atoms with Gasteiger partial charge in [0, 0.05) is 38.7 Å². The number of rotatable bonds is 2. The van der Waals surface area contributed by atoms with Gasteiger partial charge in [-0.1, -0.05) is 0 Å². The molecule has 1 aromatic rings. The van der Waals surface area contributed by atoms with Crippen LogP contribution in [0.1, 0.15) is 23.2 Å². The van der Waals surface area contributed by atoms with E-state index in [0.717, 1.165) is 6.07 Å². The largest absolute Gasteiger partial charge is 0.396 e. The lowest BCUT2D eigenvalue weighted by atomic mass is 9.95. The average Bonchev–Trinajstić information content (AvgIpc) is 2.48. The normalized spacial score (nSPS) is 15.9. The van der Waals surface area contributed by atoms with Crippen LogP contribution in [-0.2, 0) is 4.79 Å². The van der Waals surface area contributed by atoms with Crippen LogP contribution >= 0.6 is 0 Å². The summed E-state index contributed by atoms with van der Waals surface area (Å²) >= 11 is 0. The summed E-state index contributed by atoms with van der Waals surface area (Å²) in [7, 11) is 3.47. The Morgan fingerprint density at radius 1 is 1.29 bits per heavy atom. The molecule has 0 atom stereocenters. The van der Waals surface area contributed by atoms with Gasteiger partial charge in [0.2, 0.25) is 5.91 Å². The first kappa shape index (κ1) is 15.3. The number of nitrogens with two attached hydrogens (primary N) is 1. The molecule has 1 aromatic carbocycles. The molecule has 6 heteroatoms. The van der Waals surface area contributed by atoms with E-state index in [9.17, 15) is 14.0 Å². The van der Waals surface area contributed by atoms with Crippen molar-refractivity contribution in [2.45, 2.75) is 12.8 Å². The van der Waals surface area contributed by atoms with Crippen molar-refractivity contribution >= 4 is 17.5 Å². The molecule has 2 rings (SSSR count). The molecule has 0 bridgehead atoms. The highest BCUT2D eigenvalue weighted by molar-refractivity contribution is 5.94. The summed E-state index contributed by atoms with van der Waals surface area (Å²) in [5, 5.41) is 0. The van der Waals surface area contributed by atoms with Crippen LogP contribution in [0.4, 0.5) is 10.1 Å². The number of benzene rings is 1. The number of hydrogen-bond donors (Lipinski definition) is 1. The van der Waals surface area contributed by atoms with E-state index in [-0.39, 0.29) is 23.4 Å². The van der Waals surface area contributed by atoms with E-state index in [0.29, 0.717) is 31.5 Å². The standard InChI is InChI=1S/C15H20FN3O2/c1-18(2)14(20)10-5-7-19(8-6-10)15(21)11-3-4-13(17)12(16)9-11/h3-4,9-10H,5-8,17H2,1-2H3. The van der Waals surface area contributed by atoms with Crippen LogP contribution in [0.25, 0.3) is 0 Å². The molecule has 1 aliphatic rings. The smallest absolute Gasteiger partial charge is 0.253 e. The zero-order valence-corrected chi connectivity index (χ0v) is 12.3. The van der Waals surface area contributed by atoms with Crippen molar-refractivity contribution in [2.75, 3.05) is 32.9 Å². The first-order valence-corrected chi connectivity index (χ1v) is 6.95. The molecule has 1 fully saturated rings. The van der Waals surface area contributed by atoms with Crippen molar-refractivity contribution in [1.82, 2.24) is 9.80 Å². The third kappa shape index (κ3) is 3.32. The van der Waals surface area contributed by atoms with Crippen molar-refractivity contribution in [3.05, 3.63) is 29.6 Å². The Labute approximate surface area is 123 Å². The van der Waals surface area contributed by atoms with E-state index in [1.807, 2.05) is 0 Å². The van der Waals surface area contributed by atoms with Crippen molar-refractivity contribution in [3.8, 4) is 0 Å². The summed E-state index contributed by atoms with van der Waals surface area (Å²) in [5.41, 5.74) is 5.73. The van der Waals surface area contributed by atoms with Gasteiger partial charge in [0.25, 0.3) is 5.91 Å². The molecule has 0 unspecified atom stereocenters. The highest BCUT2D eigenvalue weighted by atomic mass is 19.1. The Balaban J connectivity index is 2.00. The maximum atomic E-state index is 13.4. The quantitative estimate of drug-likeness (QED) is 0.837. The number of amides is 2. The maximum Gasteiger partial charge on any atom is 0.253 e. The molecule has 0 aromatic heterocycles. The van der Waals surface area contributed by atoms with Crippen LogP contribution in [-0.4, -0.2) is 48.8 Å². The summed E-state index contributed by atoms with van der Waals surface area (Å²) in [4.78, 5) is 27.4. The molecule has 1 saturated heterocycles. The van der Waals surface area contributed by atoms with E-state index in [1.54, 1.807) is 23.9 Å². The Bertz CT molecular complexity index is 552. The van der Waals surface area contributed by atoms with Gasteiger partial charge in [-0.2, -0.15) is 0 Å². The summed E-state index contributed by atoms with van der Waals surface area (Å²) < 4.78 is 13.4. The first-order valence-electron chi connectivity index (χ1n) is 6.95. The molecule has 2 N–H and O–H groups in total. The number of carbonyl (C=O) groups excluding carboxylic acids is 2. The van der Waals surface area contributed by atoms with Gasteiger partial charge in [0.1, 0.15) is 5.82 Å². The van der Waals surface area contributed by atoms with E-state index >= 15 is 0 Å². The molecular weight excluding hydrogens is 273 g/mol. The fourth-order valence-electron chi connectivity index (χ4n) is 2.54. The third-order valence-corrected chi connectivity index (χ3v) is 3.82. The lowest BCUT2D eigenvalue weighted by molar-refractivity contribution is -0.134. The molecule has 0 saturated carbocycles. The van der Waals surface area contributed by atoms with Crippen molar-refractivity contribution in [1.29, 1.82) is 0 Å². The topological polar surface area (TPSA) is 66.6 Å². The van der Waals surface area contributed by atoms with Crippen molar-refractivity contribution < 1.29 is 14.0 Å². The number of hydrogen-bond acceptors (Lipinski definition) is 3. The van der Waals surface area contributed by atoms with Gasteiger partial charge >= 0.3 is 0 Å². The minimum atomic E-state index is -0.585. The van der Waals surface area contributed by atoms with Crippen LogP contribution in [0.15, 0.2) is 18.2 Å². The Kier molecular flexibility index (Phi) is 4.45. The molecule has 2 amide bonds. The van der Waals surface area contributed by atoms with E-state index in [4.69, 9.17) is 5.73 Å². The molecule has 114 valence electrons. The SMILES string of the molecule is CN(C)C(=O)C1CCN(C(=O)c2ccc(N)c(F)c2)CC1. The number of piperidine rings is 1. The van der Waals surface area contributed by atoms with E-state index in [2.05, 4.69) is 0 Å². The lowest BCUT2D eigenvalue weighted by Gasteiger charge is -2.32. The fourth-order valence-corrected chi connectivity index (χ4v) is 2.54. The molecule has 0 radical (unpaired) electrons. The second-order valence-electron chi connectivity index (χ2n) is 5.54. The summed E-state index contributed by atoms with van der Waals surface area (Å²) in [6, 6.07) is 4.08. The molecule has 1 heterocycles. The second kappa shape index (κ2) is 6.11. The predicted octanol–water partition coefficient (Wildman–Crippen LogP) is 1.35. The number of nitrogen functional groups attached to an aromatic ring is 1. The van der Waals surface area contributed by atoms with Gasteiger partial charge in [0.15, 0.2) is 0 Å². The summed E-state index contributed by atoms with van der Waals surface area (Å²) in [5.74, 6) is -0.740. The molecule has 21 heavy (non-hydrogen) atoms. The lowest BCUT2D eigenvalue weighted by Crippen LogP contribution is -2.42. The van der Waals surface area contributed by atoms with Crippen LogP contribution in [0.2, 0.25) is 0 Å². The minimum Gasteiger partial charge on any atom is -0.396 e. The molecule has 5 nitrogen and oxygen atoms in total. The number of halogens is 1. The van der Waals surface area contributed by atoms with Crippen molar-refractivity contribution in [3.63, 3.8) is 0 Å². The van der Waals surface area contributed by atoms with Gasteiger partial charge in [-0.15, -0.1) is 0 Å². The zero-order valence-electron chi connectivity index (χ0n) is 12.3. The Morgan fingerprint density at radius 2 is 1.90 bits per heavy atom. The highest BCUT2D eigenvalue weighted by Crippen LogP contribution is 2.21. The highest BCUT2D eigenvalue weighted by Gasteiger charge is 2.28. The van der Waals surface area contributed by atoms with Gasteiger partial charge in [-0.3, -0.25) is 9.59 Å². The second-order valence-corrected chi connectivity index (χ2v) is 5.54. The first-order chi connectivity index (χ1) is 9.90. The van der Waals surface area contributed by atoms with Gasteiger partial charge in [-0.05, 0) is 31.0 Å². The molecular formula is C15H20FN3O2. The fraction of sp³-hybridized carbons (Fsp3) is 0.467. The zero-order chi connectivity index (χ0) is 15.6. The molecule has 0 aliphatic carbocycles. The van der Waals surface area contributed by atoms with Crippen LogP contribution in [0.5, 0.6) is 0 Å². The maximum absolute atomic E-state index is 13.4. The van der Waals surface area contributed by atoms with Crippen LogP contribution in [0, 0.1) is 11.7 Å².